The fourth-order valence-corrected chi connectivity index (χ4v) is 1.76. The van der Waals surface area contributed by atoms with Crippen molar-refractivity contribution in [2.45, 2.75) is 32.4 Å². The van der Waals surface area contributed by atoms with E-state index in [1.807, 2.05) is 31.2 Å². The average molecular weight is 245 g/mol. The van der Waals surface area contributed by atoms with Crippen molar-refractivity contribution in [3.05, 3.63) is 35.4 Å². The maximum absolute atomic E-state index is 12.5. The van der Waals surface area contributed by atoms with Gasteiger partial charge in [0, 0.05) is 6.54 Å². The van der Waals surface area contributed by atoms with Crippen molar-refractivity contribution in [1.82, 2.24) is 0 Å². The molecule has 1 atom stereocenters. The Kier molecular flexibility index (Phi) is 5.00. The van der Waals surface area contributed by atoms with Crippen LogP contribution in [0.1, 0.15) is 24.5 Å². The molecule has 4 heteroatoms. The van der Waals surface area contributed by atoms with Crippen molar-refractivity contribution in [2.24, 2.45) is 11.7 Å². The van der Waals surface area contributed by atoms with E-state index in [9.17, 15) is 13.2 Å². The van der Waals surface area contributed by atoms with Gasteiger partial charge in [0.05, 0.1) is 5.92 Å². The summed E-state index contributed by atoms with van der Waals surface area (Å²) in [6.07, 6.45) is -2.80. The third-order valence-corrected chi connectivity index (χ3v) is 2.93. The minimum absolute atomic E-state index is 0.0627. The highest BCUT2D eigenvalue weighted by molar-refractivity contribution is 5.23. The Morgan fingerprint density at radius 1 is 1.24 bits per heavy atom. The largest absolute Gasteiger partial charge is 0.393 e. The van der Waals surface area contributed by atoms with Crippen LogP contribution in [0, 0.1) is 5.92 Å². The number of alkyl halides is 3. The smallest absolute Gasteiger partial charge is 0.330 e. The van der Waals surface area contributed by atoms with E-state index < -0.39 is 12.1 Å². The van der Waals surface area contributed by atoms with Gasteiger partial charge in [0.1, 0.15) is 0 Å². The van der Waals surface area contributed by atoms with Crippen molar-refractivity contribution >= 4 is 0 Å². The molecule has 0 aliphatic heterocycles. The standard InChI is InChI=1S/C13H18F3N/c1-2-10-4-3-5-11(8-10)6-7-12(9-17)13(14,15)16/h3-5,8,12H,2,6-7,9,17H2,1H3. The van der Waals surface area contributed by atoms with Crippen molar-refractivity contribution in [1.29, 1.82) is 0 Å². The number of nitrogens with two attached hydrogens (primary N) is 1. The van der Waals surface area contributed by atoms with Crippen LogP contribution in [-0.4, -0.2) is 12.7 Å². The minimum Gasteiger partial charge on any atom is -0.330 e. The van der Waals surface area contributed by atoms with E-state index in [2.05, 4.69) is 0 Å². The summed E-state index contributed by atoms with van der Waals surface area (Å²) in [6, 6.07) is 7.69. The fraction of sp³-hybridized carbons (Fsp3) is 0.538. The predicted octanol–water partition coefficient (Wildman–Crippen LogP) is 3.32. The number of rotatable bonds is 5. The van der Waals surface area contributed by atoms with Gasteiger partial charge in [-0.3, -0.25) is 0 Å². The lowest BCUT2D eigenvalue weighted by atomic mass is 9.97. The molecule has 0 heterocycles. The van der Waals surface area contributed by atoms with E-state index in [1.54, 1.807) is 0 Å². The van der Waals surface area contributed by atoms with Crippen molar-refractivity contribution < 1.29 is 13.2 Å². The molecule has 1 rings (SSSR count). The molecule has 0 saturated carbocycles. The zero-order valence-corrected chi connectivity index (χ0v) is 9.93. The SMILES string of the molecule is CCc1cccc(CCC(CN)C(F)(F)F)c1. The molecule has 0 amide bonds. The lowest BCUT2D eigenvalue weighted by Gasteiger charge is -2.18. The van der Waals surface area contributed by atoms with Gasteiger partial charge in [-0.15, -0.1) is 0 Å². The highest BCUT2D eigenvalue weighted by Gasteiger charge is 2.37. The van der Waals surface area contributed by atoms with Gasteiger partial charge in [-0.05, 0) is 30.4 Å². The molecular weight excluding hydrogens is 227 g/mol. The number of benzene rings is 1. The van der Waals surface area contributed by atoms with Gasteiger partial charge in [-0.25, -0.2) is 0 Å². The van der Waals surface area contributed by atoms with Crippen molar-refractivity contribution in [2.75, 3.05) is 6.54 Å². The molecule has 1 aromatic carbocycles. The van der Waals surface area contributed by atoms with E-state index in [1.165, 1.54) is 0 Å². The summed E-state index contributed by atoms with van der Waals surface area (Å²) < 4.78 is 37.5. The first-order valence-corrected chi connectivity index (χ1v) is 5.82. The van der Waals surface area contributed by atoms with Crippen LogP contribution in [0.3, 0.4) is 0 Å². The average Bonchev–Trinajstić information content (AvgIpc) is 2.28. The first-order chi connectivity index (χ1) is 7.97. The van der Waals surface area contributed by atoms with E-state index in [4.69, 9.17) is 5.73 Å². The van der Waals surface area contributed by atoms with Gasteiger partial charge in [-0.1, -0.05) is 31.2 Å². The molecule has 0 radical (unpaired) electrons. The van der Waals surface area contributed by atoms with Gasteiger partial charge in [0.15, 0.2) is 0 Å². The van der Waals surface area contributed by atoms with Crippen molar-refractivity contribution in [3.63, 3.8) is 0 Å². The third kappa shape index (κ3) is 4.38. The third-order valence-electron chi connectivity index (χ3n) is 2.93. The Hall–Kier alpha value is -1.03. The van der Waals surface area contributed by atoms with Crippen LogP contribution in [0.15, 0.2) is 24.3 Å². The molecule has 0 fully saturated rings. The normalized spacial score (nSPS) is 13.7. The topological polar surface area (TPSA) is 26.0 Å². The van der Waals surface area contributed by atoms with Crippen LogP contribution in [0.4, 0.5) is 13.2 Å². The van der Waals surface area contributed by atoms with Gasteiger partial charge in [0.2, 0.25) is 0 Å². The molecule has 17 heavy (non-hydrogen) atoms. The van der Waals surface area contributed by atoms with Gasteiger partial charge in [-0.2, -0.15) is 13.2 Å². The Morgan fingerprint density at radius 2 is 1.88 bits per heavy atom. The van der Waals surface area contributed by atoms with Crippen molar-refractivity contribution in [3.8, 4) is 0 Å². The lowest BCUT2D eigenvalue weighted by Crippen LogP contribution is -2.30. The Labute approximate surface area is 99.8 Å². The van der Waals surface area contributed by atoms with E-state index in [-0.39, 0.29) is 13.0 Å². The molecule has 1 aromatic rings. The lowest BCUT2D eigenvalue weighted by molar-refractivity contribution is -0.173. The van der Waals surface area contributed by atoms with Gasteiger partial charge in [0.25, 0.3) is 0 Å². The predicted molar refractivity (Wildman–Crippen MR) is 62.7 cm³/mol. The molecule has 0 aliphatic rings. The van der Waals surface area contributed by atoms with Gasteiger partial charge < -0.3 is 5.73 Å². The highest BCUT2D eigenvalue weighted by atomic mass is 19.4. The first-order valence-electron chi connectivity index (χ1n) is 5.82. The summed E-state index contributed by atoms with van der Waals surface area (Å²) in [5.41, 5.74) is 7.26. The number of aryl methyl sites for hydroxylation is 2. The summed E-state index contributed by atoms with van der Waals surface area (Å²) in [6.45, 7) is 1.69. The second-order valence-electron chi connectivity index (χ2n) is 4.19. The van der Waals surface area contributed by atoms with E-state index >= 15 is 0 Å². The molecule has 1 unspecified atom stereocenters. The Morgan fingerprint density at radius 3 is 2.41 bits per heavy atom. The summed E-state index contributed by atoms with van der Waals surface area (Å²) in [5, 5.41) is 0. The highest BCUT2D eigenvalue weighted by Crippen LogP contribution is 2.29. The molecule has 0 aliphatic carbocycles. The Balaban J connectivity index is 2.59. The fourth-order valence-electron chi connectivity index (χ4n) is 1.76. The zero-order chi connectivity index (χ0) is 12.9. The molecule has 0 bridgehead atoms. The van der Waals surface area contributed by atoms with Crippen LogP contribution in [-0.2, 0) is 12.8 Å². The van der Waals surface area contributed by atoms with Crippen LogP contribution in [0.2, 0.25) is 0 Å². The number of hydrogen-bond donors (Lipinski definition) is 1. The summed E-state index contributed by atoms with van der Waals surface area (Å²) in [5.74, 6) is -1.40. The maximum atomic E-state index is 12.5. The summed E-state index contributed by atoms with van der Waals surface area (Å²) >= 11 is 0. The Bertz CT molecular complexity index is 347. The van der Waals surface area contributed by atoms with Crippen LogP contribution < -0.4 is 5.73 Å². The zero-order valence-electron chi connectivity index (χ0n) is 9.93. The second kappa shape index (κ2) is 6.05. The maximum Gasteiger partial charge on any atom is 0.393 e. The molecular formula is C13H18F3N. The molecule has 96 valence electrons. The molecule has 2 N–H and O–H groups in total. The first kappa shape index (κ1) is 14.0. The quantitative estimate of drug-likeness (QED) is 0.846. The minimum atomic E-state index is -4.18. The van der Waals surface area contributed by atoms with Gasteiger partial charge >= 0.3 is 6.18 Å². The second-order valence-corrected chi connectivity index (χ2v) is 4.19. The monoisotopic (exact) mass is 245 g/mol. The van der Waals surface area contributed by atoms with Crippen LogP contribution in [0.5, 0.6) is 0 Å². The summed E-state index contributed by atoms with van der Waals surface area (Å²) in [4.78, 5) is 0. The summed E-state index contributed by atoms with van der Waals surface area (Å²) in [7, 11) is 0. The molecule has 0 saturated heterocycles. The van der Waals surface area contributed by atoms with E-state index in [0.717, 1.165) is 17.5 Å². The molecule has 0 aromatic heterocycles. The molecule has 0 spiro atoms. The number of hydrogen-bond acceptors (Lipinski definition) is 1. The number of halogens is 3. The van der Waals surface area contributed by atoms with Crippen LogP contribution >= 0.6 is 0 Å². The van der Waals surface area contributed by atoms with Crippen LogP contribution in [0.25, 0.3) is 0 Å². The van der Waals surface area contributed by atoms with E-state index in [0.29, 0.717) is 6.42 Å². The molecule has 1 nitrogen and oxygen atoms in total.